The number of carboxylic acids is 1. The lowest BCUT2D eigenvalue weighted by atomic mass is 10.0. The molecule has 0 bridgehead atoms. The smallest absolute Gasteiger partial charge is 0.303 e. The Morgan fingerprint density at radius 2 is 1.79 bits per heavy atom. The topological polar surface area (TPSA) is 116 Å². The van der Waals surface area contributed by atoms with Gasteiger partial charge in [-0.3, -0.25) is 19.2 Å². The lowest BCUT2D eigenvalue weighted by Gasteiger charge is -2.39. The van der Waals surface area contributed by atoms with Crippen LogP contribution in [-0.4, -0.2) is 71.4 Å². The molecule has 172 valence electrons. The van der Waals surface area contributed by atoms with Gasteiger partial charge < -0.3 is 25.0 Å². The second-order valence-corrected chi connectivity index (χ2v) is 8.08. The van der Waals surface area contributed by atoms with Gasteiger partial charge in [0.25, 0.3) is 5.91 Å². The third kappa shape index (κ3) is 4.67. The highest BCUT2D eigenvalue weighted by Crippen LogP contribution is 2.31. The maximum absolute atomic E-state index is 13.4. The molecule has 9 nitrogen and oxygen atoms in total. The molecule has 2 aliphatic rings. The normalized spacial score (nSPS) is 17.5. The van der Waals surface area contributed by atoms with Crippen molar-refractivity contribution < 1.29 is 29.0 Å². The molecule has 0 saturated carbocycles. The average Bonchev–Trinajstić information content (AvgIpc) is 2.92. The summed E-state index contributed by atoms with van der Waals surface area (Å²) in [5.41, 5.74) is 2.59. The van der Waals surface area contributed by atoms with Gasteiger partial charge in [0, 0.05) is 25.9 Å². The number of nitrogens with one attached hydrogen (secondary N) is 1. The third-order valence-electron chi connectivity index (χ3n) is 6.01. The molecule has 0 aliphatic carbocycles. The molecule has 0 spiro atoms. The predicted molar refractivity (Wildman–Crippen MR) is 120 cm³/mol. The number of ether oxygens (including phenoxy) is 1. The molecule has 2 heterocycles. The number of rotatable bonds is 6. The fraction of sp³-hybridized carbons (Fsp3) is 0.333. The molecule has 4 rings (SSSR count). The SMILES string of the molecule is COc1ccc(-c2ccc3c(c2)C(=O)N2CCN(C(=O)CCCC(=O)O)CC2C(=O)N3)cc1. The zero-order chi connectivity index (χ0) is 23.5. The zero-order valence-electron chi connectivity index (χ0n) is 18.2. The molecule has 1 fully saturated rings. The highest BCUT2D eigenvalue weighted by molar-refractivity contribution is 6.10. The van der Waals surface area contributed by atoms with Gasteiger partial charge in [-0.15, -0.1) is 0 Å². The number of hydrogen-bond donors (Lipinski definition) is 2. The summed E-state index contributed by atoms with van der Waals surface area (Å²) in [5, 5.41) is 11.6. The van der Waals surface area contributed by atoms with Gasteiger partial charge in [0.2, 0.25) is 11.8 Å². The molecule has 2 aromatic carbocycles. The van der Waals surface area contributed by atoms with Gasteiger partial charge in [0.15, 0.2) is 0 Å². The summed E-state index contributed by atoms with van der Waals surface area (Å²) in [5.74, 6) is -1.04. The van der Waals surface area contributed by atoms with E-state index in [1.54, 1.807) is 19.2 Å². The van der Waals surface area contributed by atoms with E-state index in [9.17, 15) is 19.2 Å². The number of fused-ring (bicyclic) bond motifs is 2. The Bertz CT molecular complexity index is 1100. The van der Waals surface area contributed by atoms with Crippen molar-refractivity contribution in [1.29, 1.82) is 0 Å². The number of methoxy groups -OCH3 is 1. The van der Waals surface area contributed by atoms with E-state index in [4.69, 9.17) is 9.84 Å². The molecule has 2 aliphatic heterocycles. The summed E-state index contributed by atoms with van der Waals surface area (Å²) in [6.45, 7) is 0.617. The van der Waals surface area contributed by atoms with E-state index < -0.39 is 12.0 Å². The van der Waals surface area contributed by atoms with Gasteiger partial charge in [-0.25, -0.2) is 0 Å². The van der Waals surface area contributed by atoms with Crippen LogP contribution in [0.3, 0.4) is 0 Å². The largest absolute Gasteiger partial charge is 0.497 e. The van der Waals surface area contributed by atoms with Crippen LogP contribution in [0.1, 0.15) is 29.6 Å². The number of amides is 3. The summed E-state index contributed by atoms with van der Waals surface area (Å²) < 4.78 is 5.20. The van der Waals surface area contributed by atoms with Gasteiger partial charge in [0.05, 0.1) is 24.9 Å². The first-order valence-corrected chi connectivity index (χ1v) is 10.8. The Labute approximate surface area is 190 Å². The van der Waals surface area contributed by atoms with Crippen LogP contribution < -0.4 is 10.1 Å². The molecule has 0 aromatic heterocycles. The van der Waals surface area contributed by atoms with Gasteiger partial charge >= 0.3 is 5.97 Å². The quantitative estimate of drug-likeness (QED) is 0.696. The Morgan fingerprint density at radius 3 is 2.48 bits per heavy atom. The third-order valence-corrected chi connectivity index (χ3v) is 6.01. The van der Waals surface area contributed by atoms with Gasteiger partial charge in [0.1, 0.15) is 11.8 Å². The van der Waals surface area contributed by atoms with Crippen LogP contribution >= 0.6 is 0 Å². The van der Waals surface area contributed by atoms with Crippen molar-refractivity contribution in [2.45, 2.75) is 25.3 Å². The number of aliphatic carboxylic acids is 1. The van der Waals surface area contributed by atoms with E-state index >= 15 is 0 Å². The monoisotopic (exact) mass is 451 g/mol. The molecule has 2 aromatic rings. The lowest BCUT2D eigenvalue weighted by molar-refractivity contribution is -0.137. The molecule has 3 amide bonds. The fourth-order valence-electron chi connectivity index (χ4n) is 4.19. The number of nitrogens with zero attached hydrogens (tertiary/aromatic N) is 2. The number of anilines is 1. The number of piperazine rings is 1. The standard InChI is InChI=1S/C24H25N3O6/c1-33-17-8-5-15(6-9-17)16-7-10-19-18(13-16)24(32)27-12-11-26(14-20(27)23(31)25-19)21(28)3-2-4-22(29)30/h5-10,13,20H,2-4,11-12,14H2,1H3,(H,25,31)(H,29,30). The molecule has 0 radical (unpaired) electrons. The van der Waals surface area contributed by atoms with E-state index in [2.05, 4.69) is 5.32 Å². The maximum atomic E-state index is 13.4. The van der Waals surface area contributed by atoms with E-state index in [1.807, 2.05) is 30.3 Å². The van der Waals surface area contributed by atoms with E-state index in [0.29, 0.717) is 17.8 Å². The second-order valence-electron chi connectivity index (χ2n) is 8.08. The highest BCUT2D eigenvalue weighted by atomic mass is 16.5. The fourth-order valence-corrected chi connectivity index (χ4v) is 4.19. The molecule has 1 unspecified atom stereocenters. The molecule has 33 heavy (non-hydrogen) atoms. The minimum atomic E-state index is -0.951. The van der Waals surface area contributed by atoms with Gasteiger partial charge in [-0.1, -0.05) is 18.2 Å². The predicted octanol–water partition coefficient (Wildman–Crippen LogP) is 2.22. The Kier molecular flexibility index (Phi) is 6.30. The minimum Gasteiger partial charge on any atom is -0.497 e. The minimum absolute atomic E-state index is 0.0834. The highest BCUT2D eigenvalue weighted by Gasteiger charge is 2.40. The van der Waals surface area contributed by atoms with Crippen molar-refractivity contribution in [3.8, 4) is 16.9 Å². The number of hydrogen-bond acceptors (Lipinski definition) is 5. The number of carbonyl (C=O) groups excluding carboxylic acids is 3. The Morgan fingerprint density at radius 1 is 1.06 bits per heavy atom. The van der Waals surface area contributed by atoms with Crippen molar-refractivity contribution in [2.75, 3.05) is 32.1 Å². The van der Waals surface area contributed by atoms with Crippen LogP contribution in [0.5, 0.6) is 5.75 Å². The van der Waals surface area contributed by atoms with Crippen LogP contribution in [0.15, 0.2) is 42.5 Å². The molecule has 2 N–H and O–H groups in total. The van der Waals surface area contributed by atoms with E-state index in [1.165, 1.54) is 9.80 Å². The van der Waals surface area contributed by atoms with Crippen molar-refractivity contribution in [3.05, 3.63) is 48.0 Å². The van der Waals surface area contributed by atoms with Crippen LogP contribution in [-0.2, 0) is 14.4 Å². The first kappa shape index (κ1) is 22.3. The van der Waals surface area contributed by atoms with E-state index in [0.717, 1.165) is 16.9 Å². The summed E-state index contributed by atoms with van der Waals surface area (Å²) in [4.78, 5) is 52.5. The van der Waals surface area contributed by atoms with Gasteiger partial charge in [-0.05, 0) is 41.8 Å². The van der Waals surface area contributed by atoms with Crippen LogP contribution in [0, 0.1) is 0 Å². The molecular formula is C24H25N3O6. The van der Waals surface area contributed by atoms with Crippen molar-refractivity contribution in [3.63, 3.8) is 0 Å². The number of benzene rings is 2. The average molecular weight is 451 g/mol. The first-order valence-electron chi connectivity index (χ1n) is 10.8. The first-order chi connectivity index (χ1) is 15.9. The molecular weight excluding hydrogens is 426 g/mol. The summed E-state index contributed by atoms with van der Waals surface area (Å²) in [6, 6.07) is 12.0. The number of carbonyl (C=O) groups is 4. The number of carboxylic acid groups (broad SMARTS) is 1. The lowest BCUT2D eigenvalue weighted by Crippen LogP contribution is -2.59. The zero-order valence-corrected chi connectivity index (χ0v) is 18.2. The van der Waals surface area contributed by atoms with Crippen molar-refractivity contribution in [2.24, 2.45) is 0 Å². The van der Waals surface area contributed by atoms with E-state index in [-0.39, 0.29) is 50.1 Å². The summed E-state index contributed by atoms with van der Waals surface area (Å²) in [6.07, 6.45) is 0.254. The Balaban J connectivity index is 1.53. The molecule has 1 saturated heterocycles. The molecule has 1 atom stereocenters. The van der Waals surface area contributed by atoms with Crippen molar-refractivity contribution in [1.82, 2.24) is 9.80 Å². The second kappa shape index (κ2) is 9.32. The Hall–Kier alpha value is -3.88. The van der Waals surface area contributed by atoms with Gasteiger partial charge in [-0.2, -0.15) is 0 Å². The van der Waals surface area contributed by atoms with Crippen molar-refractivity contribution >= 4 is 29.4 Å². The summed E-state index contributed by atoms with van der Waals surface area (Å²) in [7, 11) is 1.60. The maximum Gasteiger partial charge on any atom is 0.303 e. The summed E-state index contributed by atoms with van der Waals surface area (Å²) >= 11 is 0. The van der Waals surface area contributed by atoms with Crippen LogP contribution in [0.25, 0.3) is 11.1 Å². The van der Waals surface area contributed by atoms with Crippen LogP contribution in [0.2, 0.25) is 0 Å². The molecule has 9 heteroatoms. The van der Waals surface area contributed by atoms with Crippen LogP contribution in [0.4, 0.5) is 5.69 Å².